The summed E-state index contributed by atoms with van der Waals surface area (Å²) in [4.78, 5) is 40.1. The second-order valence-electron chi connectivity index (χ2n) is 9.75. The number of nitrogens with zero attached hydrogens (tertiary/aromatic N) is 5. The van der Waals surface area contributed by atoms with E-state index >= 15 is 0 Å². The SMILES string of the molecule is CN(C)C(=O)[C@H]1CN(C(=O)c2cc(C3CC3)nc3c2nc2n3CCCCC2)c2ccccc2O1. The summed E-state index contributed by atoms with van der Waals surface area (Å²) in [5, 5.41) is 0. The number of hydrogen-bond acceptors (Lipinski definition) is 5. The zero-order valence-electron chi connectivity index (χ0n) is 19.7. The Balaban J connectivity index is 1.47. The smallest absolute Gasteiger partial charge is 0.265 e. The van der Waals surface area contributed by atoms with Gasteiger partial charge in [0.15, 0.2) is 11.8 Å². The van der Waals surface area contributed by atoms with E-state index in [1.54, 1.807) is 25.1 Å². The molecule has 176 valence electrons. The van der Waals surface area contributed by atoms with Crippen LogP contribution in [0.25, 0.3) is 11.2 Å². The van der Waals surface area contributed by atoms with E-state index in [0.717, 1.165) is 55.8 Å². The minimum Gasteiger partial charge on any atom is -0.476 e. The Labute approximate surface area is 198 Å². The molecule has 3 aliphatic rings. The Kier molecular flexibility index (Phi) is 5.04. The first-order valence-corrected chi connectivity index (χ1v) is 12.2. The number of ether oxygens (including phenoxy) is 1. The average Bonchev–Trinajstić information content (AvgIpc) is 3.67. The van der Waals surface area contributed by atoms with E-state index in [4.69, 9.17) is 14.7 Å². The van der Waals surface area contributed by atoms with Crippen molar-refractivity contribution < 1.29 is 14.3 Å². The van der Waals surface area contributed by atoms with E-state index in [9.17, 15) is 9.59 Å². The van der Waals surface area contributed by atoms with Gasteiger partial charge in [0.05, 0.1) is 17.8 Å². The van der Waals surface area contributed by atoms with Crippen molar-refractivity contribution in [2.24, 2.45) is 0 Å². The van der Waals surface area contributed by atoms with Gasteiger partial charge in [0.2, 0.25) is 0 Å². The molecule has 3 aromatic rings. The van der Waals surface area contributed by atoms with Crippen LogP contribution in [0.5, 0.6) is 5.75 Å². The summed E-state index contributed by atoms with van der Waals surface area (Å²) in [5.41, 5.74) is 3.72. The van der Waals surface area contributed by atoms with Crippen molar-refractivity contribution in [2.45, 2.75) is 57.1 Å². The van der Waals surface area contributed by atoms with Gasteiger partial charge in [0, 0.05) is 38.7 Å². The van der Waals surface area contributed by atoms with Gasteiger partial charge in [-0.2, -0.15) is 0 Å². The third kappa shape index (κ3) is 3.52. The van der Waals surface area contributed by atoms with Crippen LogP contribution in [0.3, 0.4) is 0 Å². The van der Waals surface area contributed by atoms with Gasteiger partial charge < -0.3 is 19.1 Å². The van der Waals surface area contributed by atoms with E-state index in [0.29, 0.717) is 28.4 Å². The maximum Gasteiger partial charge on any atom is 0.265 e. The summed E-state index contributed by atoms with van der Waals surface area (Å²) in [7, 11) is 3.40. The minimum atomic E-state index is -0.757. The van der Waals surface area contributed by atoms with Crippen molar-refractivity contribution in [1.82, 2.24) is 19.4 Å². The number of amides is 2. The Morgan fingerprint density at radius 3 is 2.71 bits per heavy atom. The van der Waals surface area contributed by atoms with Crippen LogP contribution in [0.2, 0.25) is 0 Å². The molecular weight excluding hydrogens is 430 g/mol. The highest BCUT2D eigenvalue weighted by Crippen LogP contribution is 2.41. The van der Waals surface area contributed by atoms with Crippen molar-refractivity contribution in [3.8, 4) is 5.75 Å². The number of carbonyl (C=O) groups is 2. The molecule has 1 fully saturated rings. The number of hydrogen-bond donors (Lipinski definition) is 0. The molecule has 1 saturated carbocycles. The molecule has 2 amide bonds. The standard InChI is InChI=1S/C26H29N5O3/c1-29(2)26(33)21-15-31(19-8-5-6-9-20(19)34-21)25(32)17-14-18(16-11-12-16)27-24-23(17)28-22-10-4-3-7-13-30(22)24/h5-6,8-9,14,16,21H,3-4,7,10-13,15H2,1-2H3/t21-/m1/s1. The van der Waals surface area contributed by atoms with Crippen LogP contribution in [0.1, 0.15) is 59.9 Å². The number of pyridine rings is 1. The molecule has 0 saturated heterocycles. The number of likely N-dealkylation sites (N-methyl/N-ethyl adjacent to an activating group) is 1. The molecule has 2 aliphatic heterocycles. The summed E-state index contributed by atoms with van der Waals surface area (Å²) in [6.07, 6.45) is 5.75. The van der Waals surface area contributed by atoms with Gasteiger partial charge in [-0.3, -0.25) is 9.59 Å². The molecule has 8 heteroatoms. The molecular formula is C26H29N5O3. The molecule has 8 nitrogen and oxygen atoms in total. The molecule has 2 aromatic heterocycles. The van der Waals surface area contributed by atoms with Crippen molar-refractivity contribution in [3.05, 3.63) is 47.4 Å². The van der Waals surface area contributed by atoms with Gasteiger partial charge >= 0.3 is 0 Å². The van der Waals surface area contributed by atoms with Crippen LogP contribution in [0.4, 0.5) is 5.69 Å². The number of fused-ring (bicyclic) bond motifs is 4. The number of para-hydroxylation sites is 2. The van der Waals surface area contributed by atoms with Crippen molar-refractivity contribution in [1.29, 1.82) is 0 Å². The first-order valence-electron chi connectivity index (χ1n) is 12.2. The van der Waals surface area contributed by atoms with Gasteiger partial charge in [-0.05, 0) is 43.9 Å². The van der Waals surface area contributed by atoms with Crippen LogP contribution in [-0.2, 0) is 17.8 Å². The highest BCUT2D eigenvalue weighted by molar-refractivity contribution is 6.13. The van der Waals surface area contributed by atoms with Crippen molar-refractivity contribution in [2.75, 3.05) is 25.5 Å². The molecule has 0 unspecified atom stereocenters. The first kappa shape index (κ1) is 21.1. The zero-order chi connectivity index (χ0) is 23.4. The topological polar surface area (TPSA) is 80.6 Å². The highest BCUT2D eigenvalue weighted by Gasteiger charge is 2.37. The molecule has 0 spiro atoms. The lowest BCUT2D eigenvalue weighted by Gasteiger charge is -2.35. The highest BCUT2D eigenvalue weighted by atomic mass is 16.5. The van der Waals surface area contributed by atoms with Gasteiger partial charge in [0.25, 0.3) is 11.8 Å². The Morgan fingerprint density at radius 2 is 1.91 bits per heavy atom. The maximum absolute atomic E-state index is 14.2. The summed E-state index contributed by atoms with van der Waals surface area (Å²) < 4.78 is 8.21. The third-order valence-corrected chi connectivity index (χ3v) is 7.05. The molecule has 1 aliphatic carbocycles. The van der Waals surface area contributed by atoms with E-state index in [-0.39, 0.29) is 18.4 Å². The maximum atomic E-state index is 14.2. The summed E-state index contributed by atoms with van der Waals surface area (Å²) >= 11 is 0. The van der Waals surface area contributed by atoms with Crippen LogP contribution < -0.4 is 9.64 Å². The summed E-state index contributed by atoms with van der Waals surface area (Å²) in [6.45, 7) is 1.05. The first-order chi connectivity index (χ1) is 16.5. The zero-order valence-corrected chi connectivity index (χ0v) is 19.7. The fraction of sp³-hybridized carbons (Fsp3) is 0.462. The molecule has 0 N–H and O–H groups in total. The van der Waals surface area contributed by atoms with E-state index in [1.807, 2.05) is 24.3 Å². The summed E-state index contributed by atoms with van der Waals surface area (Å²) in [5.74, 6) is 1.64. The Bertz CT molecular complexity index is 1290. The second kappa shape index (κ2) is 8.11. The van der Waals surface area contributed by atoms with Gasteiger partial charge in [-0.15, -0.1) is 0 Å². The quantitative estimate of drug-likeness (QED) is 0.599. The van der Waals surface area contributed by atoms with Crippen LogP contribution >= 0.6 is 0 Å². The predicted octanol–water partition coefficient (Wildman–Crippen LogP) is 3.53. The lowest BCUT2D eigenvalue weighted by Crippen LogP contribution is -2.50. The monoisotopic (exact) mass is 459 g/mol. The van der Waals surface area contributed by atoms with Crippen LogP contribution in [-0.4, -0.2) is 58.0 Å². The van der Waals surface area contributed by atoms with Crippen LogP contribution in [0, 0.1) is 0 Å². The molecule has 4 heterocycles. The lowest BCUT2D eigenvalue weighted by atomic mass is 10.1. The molecule has 0 bridgehead atoms. The number of benzene rings is 1. The molecule has 6 rings (SSSR count). The van der Waals surface area contributed by atoms with Crippen molar-refractivity contribution in [3.63, 3.8) is 0 Å². The number of imidazole rings is 1. The minimum absolute atomic E-state index is 0.156. The number of aryl methyl sites for hydroxylation is 2. The van der Waals surface area contributed by atoms with Gasteiger partial charge in [0.1, 0.15) is 17.1 Å². The number of anilines is 1. The molecule has 0 radical (unpaired) electrons. The fourth-order valence-corrected chi connectivity index (χ4v) is 5.05. The molecule has 1 atom stereocenters. The van der Waals surface area contributed by atoms with E-state index in [2.05, 4.69) is 4.57 Å². The number of rotatable bonds is 3. The van der Waals surface area contributed by atoms with Crippen molar-refractivity contribution >= 4 is 28.7 Å². The number of carbonyl (C=O) groups excluding carboxylic acids is 2. The Hall–Kier alpha value is -3.42. The Morgan fingerprint density at radius 1 is 1.09 bits per heavy atom. The predicted molar refractivity (Wildman–Crippen MR) is 128 cm³/mol. The number of aromatic nitrogens is 3. The lowest BCUT2D eigenvalue weighted by molar-refractivity contribution is -0.135. The fourth-order valence-electron chi connectivity index (χ4n) is 5.05. The largest absolute Gasteiger partial charge is 0.476 e. The second-order valence-corrected chi connectivity index (χ2v) is 9.75. The van der Waals surface area contributed by atoms with Gasteiger partial charge in [-0.1, -0.05) is 18.6 Å². The van der Waals surface area contributed by atoms with Crippen LogP contribution in [0.15, 0.2) is 30.3 Å². The van der Waals surface area contributed by atoms with Gasteiger partial charge in [-0.25, -0.2) is 9.97 Å². The molecule has 34 heavy (non-hydrogen) atoms. The average molecular weight is 460 g/mol. The van der Waals surface area contributed by atoms with E-state index in [1.165, 1.54) is 11.3 Å². The molecule has 1 aromatic carbocycles. The normalized spacial score (nSPS) is 19.7. The third-order valence-electron chi connectivity index (χ3n) is 7.05. The van der Waals surface area contributed by atoms with E-state index < -0.39 is 6.10 Å². The summed E-state index contributed by atoms with van der Waals surface area (Å²) in [6, 6.07) is 9.35.